The Hall–Kier alpha value is -2.55. The van der Waals surface area contributed by atoms with E-state index >= 15 is 0 Å². The zero-order valence-corrected chi connectivity index (χ0v) is 14.3. The zero-order chi connectivity index (χ0) is 18.0. The Morgan fingerprint density at radius 3 is 2.36 bits per heavy atom. The fourth-order valence-corrected chi connectivity index (χ4v) is 2.45. The summed E-state index contributed by atoms with van der Waals surface area (Å²) in [7, 11) is 0. The van der Waals surface area contributed by atoms with Crippen molar-refractivity contribution in [2.75, 3.05) is 0 Å². The maximum Gasteiger partial charge on any atom is 0.433 e. The minimum Gasteiger partial charge on any atom is -0.436 e. The molecule has 0 saturated carbocycles. The second-order valence-electron chi connectivity index (χ2n) is 4.99. The molecule has 0 amide bonds. The summed E-state index contributed by atoms with van der Waals surface area (Å²) >= 11 is 3.22. The molecular formula is C16H10BrF3N4O. The highest BCUT2D eigenvalue weighted by Gasteiger charge is 2.34. The number of hydrogen-bond acceptors (Lipinski definition) is 5. The quantitative estimate of drug-likeness (QED) is 0.579. The molecule has 3 aromatic rings. The van der Waals surface area contributed by atoms with Crippen LogP contribution in [0.4, 0.5) is 13.2 Å². The predicted octanol–water partition coefficient (Wildman–Crippen LogP) is 4.82. The van der Waals surface area contributed by atoms with E-state index in [4.69, 9.17) is 4.74 Å². The van der Waals surface area contributed by atoms with Crippen LogP contribution in [0, 0.1) is 6.92 Å². The van der Waals surface area contributed by atoms with Gasteiger partial charge in [0.1, 0.15) is 4.60 Å². The first-order valence-electron chi connectivity index (χ1n) is 7.00. The summed E-state index contributed by atoms with van der Waals surface area (Å²) in [5.41, 5.74) is 0.0305. The normalized spacial score (nSPS) is 11.4. The van der Waals surface area contributed by atoms with Crippen LogP contribution in [-0.2, 0) is 6.18 Å². The van der Waals surface area contributed by atoms with E-state index in [0.717, 1.165) is 11.8 Å². The summed E-state index contributed by atoms with van der Waals surface area (Å²) in [5, 5.41) is 0. The Kier molecular flexibility index (Phi) is 4.67. The van der Waals surface area contributed by atoms with Crippen LogP contribution in [0.2, 0.25) is 0 Å². The van der Waals surface area contributed by atoms with Gasteiger partial charge < -0.3 is 4.74 Å². The molecule has 0 bridgehead atoms. The van der Waals surface area contributed by atoms with Gasteiger partial charge >= 0.3 is 6.18 Å². The van der Waals surface area contributed by atoms with E-state index in [1.165, 1.54) is 24.5 Å². The molecule has 5 nitrogen and oxygen atoms in total. The van der Waals surface area contributed by atoms with Crippen molar-refractivity contribution in [3.05, 3.63) is 58.7 Å². The third-order valence-electron chi connectivity index (χ3n) is 3.10. The molecule has 3 aromatic heterocycles. The minimum atomic E-state index is -4.63. The largest absolute Gasteiger partial charge is 0.436 e. The van der Waals surface area contributed by atoms with Gasteiger partial charge in [-0.3, -0.25) is 4.98 Å². The molecule has 0 aliphatic rings. The summed E-state index contributed by atoms with van der Waals surface area (Å²) in [5.74, 6) is -0.0954. The van der Waals surface area contributed by atoms with Crippen molar-refractivity contribution >= 4 is 15.9 Å². The molecule has 0 aliphatic heterocycles. The summed E-state index contributed by atoms with van der Waals surface area (Å²) in [6.45, 7) is 1.78. The average Bonchev–Trinajstić information content (AvgIpc) is 2.57. The van der Waals surface area contributed by atoms with E-state index in [1.807, 2.05) is 0 Å². The van der Waals surface area contributed by atoms with Gasteiger partial charge in [-0.15, -0.1) is 0 Å². The van der Waals surface area contributed by atoms with Gasteiger partial charge in [0.15, 0.2) is 17.3 Å². The fourth-order valence-electron chi connectivity index (χ4n) is 1.95. The first-order valence-corrected chi connectivity index (χ1v) is 7.80. The van der Waals surface area contributed by atoms with Gasteiger partial charge in [-0.05, 0) is 47.1 Å². The van der Waals surface area contributed by atoms with Crippen molar-refractivity contribution in [3.8, 4) is 23.0 Å². The summed E-state index contributed by atoms with van der Waals surface area (Å²) < 4.78 is 45.3. The van der Waals surface area contributed by atoms with Crippen LogP contribution in [0.15, 0.2) is 47.3 Å². The zero-order valence-electron chi connectivity index (χ0n) is 12.8. The van der Waals surface area contributed by atoms with E-state index < -0.39 is 11.9 Å². The lowest BCUT2D eigenvalue weighted by molar-refractivity contribution is -0.141. The molecule has 9 heteroatoms. The van der Waals surface area contributed by atoms with Gasteiger partial charge in [0.05, 0.1) is 0 Å². The van der Waals surface area contributed by atoms with Crippen LogP contribution >= 0.6 is 15.9 Å². The van der Waals surface area contributed by atoms with Crippen molar-refractivity contribution in [3.63, 3.8) is 0 Å². The van der Waals surface area contributed by atoms with Crippen molar-refractivity contribution in [2.24, 2.45) is 0 Å². The third kappa shape index (κ3) is 4.11. The first kappa shape index (κ1) is 17.3. The second kappa shape index (κ2) is 6.75. The predicted molar refractivity (Wildman–Crippen MR) is 87.0 cm³/mol. The van der Waals surface area contributed by atoms with Crippen LogP contribution in [-0.4, -0.2) is 19.9 Å². The number of alkyl halides is 3. The lowest BCUT2D eigenvalue weighted by Crippen LogP contribution is -2.10. The SMILES string of the molecule is Cc1ccc(Oc2cc(C(F)(F)F)nc(-c3ccncc3)n2)c(Br)n1. The van der Waals surface area contributed by atoms with E-state index in [1.54, 1.807) is 19.1 Å². The van der Waals surface area contributed by atoms with Gasteiger partial charge in [0, 0.05) is 29.7 Å². The monoisotopic (exact) mass is 410 g/mol. The maximum atomic E-state index is 13.2. The Bertz CT molecular complexity index is 904. The number of ether oxygens (including phenoxy) is 1. The molecule has 0 N–H and O–H groups in total. The van der Waals surface area contributed by atoms with Crippen LogP contribution in [0.25, 0.3) is 11.4 Å². The molecule has 0 saturated heterocycles. The Labute approximate surface area is 149 Å². The number of aromatic nitrogens is 4. The highest BCUT2D eigenvalue weighted by atomic mass is 79.9. The van der Waals surface area contributed by atoms with Crippen LogP contribution < -0.4 is 4.74 Å². The highest BCUT2D eigenvalue weighted by Crippen LogP contribution is 2.34. The van der Waals surface area contributed by atoms with Gasteiger partial charge in [0.25, 0.3) is 0 Å². The lowest BCUT2D eigenvalue weighted by Gasteiger charge is -2.12. The Balaban J connectivity index is 2.06. The lowest BCUT2D eigenvalue weighted by atomic mass is 10.2. The molecular weight excluding hydrogens is 401 g/mol. The average molecular weight is 411 g/mol. The molecule has 0 aliphatic carbocycles. The number of halogens is 4. The van der Waals surface area contributed by atoms with Crippen molar-refractivity contribution < 1.29 is 17.9 Å². The number of nitrogens with zero attached hydrogens (tertiary/aromatic N) is 4. The first-order chi connectivity index (χ1) is 11.8. The molecule has 128 valence electrons. The molecule has 0 radical (unpaired) electrons. The third-order valence-corrected chi connectivity index (χ3v) is 3.67. The minimum absolute atomic E-state index is 0.108. The van der Waals surface area contributed by atoms with Gasteiger partial charge in [0.2, 0.25) is 5.88 Å². The van der Waals surface area contributed by atoms with E-state index in [0.29, 0.717) is 10.2 Å². The Morgan fingerprint density at radius 1 is 1.00 bits per heavy atom. The summed E-state index contributed by atoms with van der Waals surface area (Å²) in [6.07, 6.45) is -1.74. The number of rotatable bonds is 3. The summed E-state index contributed by atoms with van der Waals surface area (Å²) in [6, 6.07) is 7.05. The van der Waals surface area contributed by atoms with Gasteiger partial charge in [-0.25, -0.2) is 9.97 Å². The van der Waals surface area contributed by atoms with Crippen LogP contribution in [0.3, 0.4) is 0 Å². The van der Waals surface area contributed by atoms with Crippen molar-refractivity contribution in [1.82, 2.24) is 19.9 Å². The number of hydrogen-bond donors (Lipinski definition) is 0. The molecule has 0 spiro atoms. The topological polar surface area (TPSA) is 60.8 Å². The molecule has 0 atom stereocenters. The standard InChI is InChI=1S/C16H10BrF3N4O/c1-9-2-3-11(14(17)22-9)25-13-8-12(16(18,19)20)23-15(24-13)10-4-6-21-7-5-10/h2-8H,1H3. The second-order valence-corrected chi connectivity index (χ2v) is 5.74. The fraction of sp³-hybridized carbons (Fsp3) is 0.125. The molecule has 0 fully saturated rings. The Morgan fingerprint density at radius 2 is 1.72 bits per heavy atom. The van der Waals surface area contributed by atoms with E-state index in [2.05, 4.69) is 35.9 Å². The number of aryl methyl sites for hydroxylation is 1. The molecule has 3 heterocycles. The molecule has 0 unspecified atom stereocenters. The summed E-state index contributed by atoms with van der Waals surface area (Å²) in [4.78, 5) is 15.6. The van der Waals surface area contributed by atoms with Crippen molar-refractivity contribution in [1.29, 1.82) is 0 Å². The van der Waals surface area contributed by atoms with Crippen LogP contribution in [0.1, 0.15) is 11.4 Å². The van der Waals surface area contributed by atoms with Crippen molar-refractivity contribution in [2.45, 2.75) is 13.1 Å². The van der Waals surface area contributed by atoms with Crippen LogP contribution in [0.5, 0.6) is 11.6 Å². The smallest absolute Gasteiger partial charge is 0.433 e. The molecule has 25 heavy (non-hydrogen) atoms. The molecule has 0 aromatic carbocycles. The van der Waals surface area contributed by atoms with E-state index in [-0.39, 0.29) is 17.5 Å². The highest BCUT2D eigenvalue weighted by molar-refractivity contribution is 9.10. The van der Waals surface area contributed by atoms with E-state index in [9.17, 15) is 13.2 Å². The van der Waals surface area contributed by atoms with Gasteiger partial charge in [-0.1, -0.05) is 0 Å². The maximum absolute atomic E-state index is 13.2. The molecule has 3 rings (SSSR count). The number of pyridine rings is 2. The van der Waals surface area contributed by atoms with Gasteiger partial charge in [-0.2, -0.15) is 18.2 Å².